The highest BCUT2D eigenvalue weighted by atomic mass is 16.3. The minimum Gasteiger partial charge on any atom is -0.593 e. The third-order valence-electron chi connectivity index (χ3n) is 2.20. The van der Waals surface area contributed by atoms with Gasteiger partial charge in [-0.05, 0) is 18.2 Å². The number of carbonyl (C=O) groups is 1. The molecule has 0 saturated heterocycles. The summed E-state index contributed by atoms with van der Waals surface area (Å²) in [6.07, 6.45) is 1.52. The number of aromatic hydroxyl groups is 1. The lowest BCUT2D eigenvalue weighted by Crippen LogP contribution is -2.10. The fourth-order valence-corrected chi connectivity index (χ4v) is 1.53. The Morgan fingerprint density at radius 3 is 2.71 bits per heavy atom. The average molecular weight is 193 g/mol. The van der Waals surface area contributed by atoms with Gasteiger partial charge in [0.1, 0.15) is 11.9 Å². The number of hydrogen-bond acceptors (Lipinski definition) is 3. The van der Waals surface area contributed by atoms with Crippen LogP contribution in [0.15, 0.2) is 24.3 Å². The monoisotopic (exact) mass is 193 g/mol. The normalized spacial score (nSPS) is 19.5. The Bertz CT molecular complexity index is 434. The van der Waals surface area contributed by atoms with Crippen LogP contribution in [0.3, 0.4) is 0 Å². The van der Waals surface area contributed by atoms with Gasteiger partial charge >= 0.3 is 0 Å². The Morgan fingerprint density at radius 1 is 1.36 bits per heavy atom. The standard InChI is InChI=1S/C10H8O4/c11-5-1-2-6(12)10-8(14)4-3-7(13)9(5)10/h1-5,11,13-14H/p+1. The molecule has 4 heteroatoms. The van der Waals surface area contributed by atoms with Crippen LogP contribution in [0.2, 0.25) is 0 Å². The number of aliphatic hydroxyl groups excluding tert-OH is 1. The molecule has 2 rings (SSSR count). The zero-order valence-electron chi connectivity index (χ0n) is 7.19. The molecule has 1 atom stereocenters. The molecule has 14 heavy (non-hydrogen) atoms. The van der Waals surface area contributed by atoms with Crippen molar-refractivity contribution in [1.82, 2.24) is 0 Å². The van der Waals surface area contributed by atoms with E-state index in [9.17, 15) is 15.0 Å². The summed E-state index contributed by atoms with van der Waals surface area (Å²) in [5.41, 5.74) is 0.213. The van der Waals surface area contributed by atoms with Crippen molar-refractivity contribution < 1.29 is 20.1 Å². The first kappa shape index (κ1) is 8.77. The number of fused-ring (bicyclic) bond motifs is 1. The lowest BCUT2D eigenvalue weighted by Gasteiger charge is -2.15. The molecule has 72 valence electrons. The number of allylic oxidation sites excluding steroid dienone is 1. The molecular formula is C10H9O4+. The van der Waals surface area contributed by atoms with E-state index in [2.05, 4.69) is 0 Å². The van der Waals surface area contributed by atoms with E-state index in [0.717, 1.165) is 0 Å². The maximum absolute atomic E-state index is 11.4. The summed E-state index contributed by atoms with van der Waals surface area (Å²) in [7, 11) is 0. The van der Waals surface area contributed by atoms with Crippen LogP contribution >= 0.6 is 0 Å². The van der Waals surface area contributed by atoms with Crippen molar-refractivity contribution in [3.05, 3.63) is 35.4 Å². The van der Waals surface area contributed by atoms with Gasteiger partial charge in [-0.3, -0.25) is 4.79 Å². The van der Waals surface area contributed by atoms with Crippen LogP contribution in [0.1, 0.15) is 22.0 Å². The third kappa shape index (κ3) is 1.08. The molecule has 0 aliphatic heterocycles. The van der Waals surface area contributed by atoms with Crippen molar-refractivity contribution in [2.24, 2.45) is 0 Å². The lowest BCUT2D eigenvalue weighted by atomic mass is 9.92. The van der Waals surface area contributed by atoms with E-state index in [1.165, 1.54) is 24.3 Å². The van der Waals surface area contributed by atoms with Gasteiger partial charge in [-0.2, -0.15) is 0 Å². The van der Waals surface area contributed by atoms with E-state index < -0.39 is 6.10 Å². The van der Waals surface area contributed by atoms with Crippen LogP contribution in [-0.4, -0.2) is 21.1 Å². The minimum absolute atomic E-state index is 0.0347. The lowest BCUT2D eigenvalue weighted by molar-refractivity contribution is 0.102. The summed E-state index contributed by atoms with van der Waals surface area (Å²) < 4.78 is 0. The molecule has 1 aliphatic carbocycles. The molecule has 0 amide bonds. The zero-order chi connectivity index (χ0) is 10.3. The van der Waals surface area contributed by atoms with Gasteiger partial charge in [-0.25, -0.2) is 0 Å². The number of hydrogen-bond donors (Lipinski definition) is 2. The molecule has 1 aliphatic rings. The smallest absolute Gasteiger partial charge is 0.261 e. The Kier molecular flexibility index (Phi) is 1.79. The molecule has 0 radical (unpaired) electrons. The maximum atomic E-state index is 11.4. The second-order valence-electron chi connectivity index (χ2n) is 3.09. The van der Waals surface area contributed by atoms with Crippen molar-refractivity contribution in [3.8, 4) is 11.5 Å². The fraction of sp³-hybridized carbons (Fsp3) is 0.100. The van der Waals surface area contributed by atoms with Crippen molar-refractivity contribution in [1.29, 1.82) is 0 Å². The van der Waals surface area contributed by atoms with Gasteiger partial charge in [-0.1, -0.05) is 0 Å². The molecule has 0 aromatic heterocycles. The SMILES string of the molecule is O=C1C=CC(O)c2c([OH2+])ccc(O)c21. The van der Waals surface area contributed by atoms with Crippen LogP contribution < -0.4 is 0 Å². The summed E-state index contributed by atoms with van der Waals surface area (Å²) in [4.78, 5) is 11.4. The second-order valence-corrected chi connectivity index (χ2v) is 3.09. The van der Waals surface area contributed by atoms with Crippen LogP contribution in [0.25, 0.3) is 0 Å². The molecule has 4 N–H and O–H groups in total. The molecule has 4 nitrogen and oxygen atoms in total. The molecule has 1 unspecified atom stereocenters. The van der Waals surface area contributed by atoms with E-state index in [0.29, 0.717) is 0 Å². The number of phenols is 1. The topological polar surface area (TPSA) is 80.4 Å². The van der Waals surface area contributed by atoms with Gasteiger partial charge in [0.05, 0.1) is 11.1 Å². The first-order valence-corrected chi connectivity index (χ1v) is 4.09. The first-order valence-electron chi connectivity index (χ1n) is 4.09. The van der Waals surface area contributed by atoms with E-state index >= 15 is 0 Å². The van der Waals surface area contributed by atoms with Gasteiger partial charge in [0, 0.05) is 6.07 Å². The maximum Gasteiger partial charge on any atom is 0.261 e. The summed E-state index contributed by atoms with van der Waals surface area (Å²) in [5, 5.41) is 26.4. The highest BCUT2D eigenvalue weighted by molar-refractivity contribution is 6.09. The number of rotatable bonds is 0. The molecule has 0 bridgehead atoms. The fourth-order valence-electron chi connectivity index (χ4n) is 1.53. The summed E-state index contributed by atoms with van der Waals surface area (Å²) in [5.74, 6) is -0.510. The summed E-state index contributed by atoms with van der Waals surface area (Å²) in [6.45, 7) is 0. The highest BCUT2D eigenvalue weighted by Gasteiger charge is 2.28. The Balaban J connectivity index is 2.76. The van der Waals surface area contributed by atoms with Crippen molar-refractivity contribution in [2.75, 3.05) is 0 Å². The largest absolute Gasteiger partial charge is 0.593 e. The van der Waals surface area contributed by atoms with Crippen LogP contribution in [-0.2, 0) is 0 Å². The molecular weight excluding hydrogens is 184 g/mol. The minimum atomic E-state index is -0.984. The van der Waals surface area contributed by atoms with Crippen molar-refractivity contribution in [3.63, 3.8) is 0 Å². The van der Waals surface area contributed by atoms with Crippen molar-refractivity contribution in [2.45, 2.75) is 6.10 Å². The Hall–Kier alpha value is -1.81. The van der Waals surface area contributed by atoms with Crippen molar-refractivity contribution >= 4 is 5.78 Å². The van der Waals surface area contributed by atoms with Crippen LogP contribution in [0, 0.1) is 0 Å². The highest BCUT2D eigenvalue weighted by Crippen LogP contribution is 2.37. The van der Waals surface area contributed by atoms with E-state index in [-0.39, 0.29) is 28.4 Å². The summed E-state index contributed by atoms with van der Waals surface area (Å²) in [6, 6.07) is 2.63. The molecule has 0 spiro atoms. The third-order valence-corrected chi connectivity index (χ3v) is 2.20. The van der Waals surface area contributed by atoms with Crippen LogP contribution in [0.5, 0.6) is 11.5 Å². The quantitative estimate of drug-likeness (QED) is 0.592. The van der Waals surface area contributed by atoms with E-state index in [1.54, 1.807) is 0 Å². The second kappa shape index (κ2) is 2.85. The number of aliphatic hydroxyl groups is 1. The van der Waals surface area contributed by atoms with Gasteiger partial charge in [0.15, 0.2) is 5.78 Å². The molecule has 1 aromatic rings. The van der Waals surface area contributed by atoms with Gasteiger partial charge in [0.25, 0.3) is 5.75 Å². The number of benzene rings is 1. The molecule has 0 fully saturated rings. The van der Waals surface area contributed by atoms with Gasteiger partial charge in [-0.15, -0.1) is 0 Å². The van der Waals surface area contributed by atoms with Crippen LogP contribution in [0.4, 0.5) is 0 Å². The predicted molar refractivity (Wildman–Crippen MR) is 49.6 cm³/mol. The van der Waals surface area contributed by atoms with E-state index in [4.69, 9.17) is 5.11 Å². The number of ketones is 1. The van der Waals surface area contributed by atoms with E-state index in [1.807, 2.05) is 0 Å². The zero-order valence-corrected chi connectivity index (χ0v) is 7.19. The van der Waals surface area contributed by atoms with Gasteiger partial charge < -0.3 is 15.3 Å². The Labute approximate surface area is 79.7 Å². The molecule has 0 saturated carbocycles. The first-order chi connectivity index (χ1) is 6.61. The Morgan fingerprint density at radius 2 is 2.07 bits per heavy atom. The number of phenolic OH excluding ortho intramolecular Hbond substituents is 1. The van der Waals surface area contributed by atoms with Gasteiger partial charge in [0.2, 0.25) is 0 Å². The average Bonchev–Trinajstić information content (AvgIpc) is 2.16. The predicted octanol–water partition coefficient (Wildman–Crippen LogP) is 0.616. The molecule has 1 aromatic carbocycles. The number of carbonyl (C=O) groups excluding carboxylic acids is 1. The summed E-state index contributed by atoms with van der Waals surface area (Å²) >= 11 is 0. The molecule has 0 heterocycles.